The summed E-state index contributed by atoms with van der Waals surface area (Å²) in [6.07, 6.45) is 66.8. The van der Waals surface area contributed by atoms with Gasteiger partial charge < -0.3 is 28.8 Å². The van der Waals surface area contributed by atoms with Crippen LogP contribution in [0.1, 0.15) is 239 Å². The highest BCUT2D eigenvalue weighted by atomic mass is 31.2. The van der Waals surface area contributed by atoms with Gasteiger partial charge in [-0.3, -0.25) is 9.36 Å². The molecule has 0 fully saturated rings. The Balaban J connectivity index is 4.30. The topological polar surface area (TPSA) is 108 Å². The van der Waals surface area contributed by atoms with Gasteiger partial charge in [0.05, 0.1) is 39.9 Å². The predicted octanol–water partition coefficient (Wildman–Crippen LogP) is 16.1. The molecule has 9 heteroatoms. The Morgan fingerprint density at radius 1 is 0.537 bits per heavy atom. The van der Waals surface area contributed by atoms with E-state index < -0.39 is 20.0 Å². The number of rotatable bonds is 50. The maximum atomic E-state index is 13.0. The van der Waals surface area contributed by atoms with E-state index in [4.69, 9.17) is 9.05 Å². The molecule has 0 rings (SSSR count). The van der Waals surface area contributed by atoms with Gasteiger partial charge in [-0.2, -0.15) is 0 Å². The van der Waals surface area contributed by atoms with Crippen LogP contribution in [0.2, 0.25) is 0 Å². The Labute approximate surface area is 414 Å². The van der Waals surface area contributed by atoms with Gasteiger partial charge in [0.15, 0.2) is 0 Å². The molecule has 0 saturated carbocycles. The fourth-order valence-corrected chi connectivity index (χ4v) is 8.55. The number of nitrogens with one attached hydrogen (secondary N) is 1. The highest BCUT2D eigenvalue weighted by Crippen LogP contribution is 2.38. The van der Waals surface area contributed by atoms with Crippen LogP contribution in [0.25, 0.3) is 0 Å². The van der Waals surface area contributed by atoms with Gasteiger partial charge in [-0.15, -0.1) is 0 Å². The lowest BCUT2D eigenvalue weighted by atomic mass is 10.0. The van der Waals surface area contributed by atoms with E-state index in [1.807, 2.05) is 27.2 Å². The smallest absolute Gasteiger partial charge is 0.268 e. The standard InChI is InChI=1S/C58H107N2O6P/c1-6-8-10-12-14-16-18-20-22-24-26-28-30-32-34-36-38-40-42-44-46-48-50-52-58(62)59-56(55-66-67(63,64)65-54-53-60(3,4)5)57(61)51-49-47-45-43-41-39-37-35-33-31-29-27-25-23-21-19-17-15-13-11-9-7-2/h8,10,14,16,20,22,26,28,32,34,49,51,56-57,61H,6-7,9,11-13,15,17-19,21,23-25,27,29-31,33,35-48,50,52-55H2,1-5H3,(H-,59,62,63,64)/b10-8-,16-14-,22-20-,28-26-,34-32-,51-49+. The fraction of sp³-hybridized carbons (Fsp3) is 0.776. The van der Waals surface area contributed by atoms with Crippen LogP contribution < -0.4 is 10.2 Å². The van der Waals surface area contributed by atoms with Crippen molar-refractivity contribution < 1.29 is 32.9 Å². The van der Waals surface area contributed by atoms with Crippen LogP contribution in [0.15, 0.2) is 72.9 Å². The van der Waals surface area contributed by atoms with Crippen LogP contribution in [0.3, 0.4) is 0 Å². The third-order valence-corrected chi connectivity index (χ3v) is 13.1. The number of carbonyl (C=O) groups excluding carboxylic acids is 1. The van der Waals surface area contributed by atoms with E-state index >= 15 is 0 Å². The van der Waals surface area contributed by atoms with Crippen molar-refractivity contribution in [3.63, 3.8) is 0 Å². The van der Waals surface area contributed by atoms with E-state index in [0.717, 1.165) is 83.5 Å². The van der Waals surface area contributed by atoms with Gasteiger partial charge in [-0.1, -0.05) is 241 Å². The van der Waals surface area contributed by atoms with Gasteiger partial charge in [0.2, 0.25) is 5.91 Å². The number of phosphoric acid groups is 1. The second kappa shape index (κ2) is 48.9. The van der Waals surface area contributed by atoms with Crippen molar-refractivity contribution in [2.45, 2.75) is 251 Å². The summed E-state index contributed by atoms with van der Waals surface area (Å²) in [5.41, 5.74) is 0. The summed E-state index contributed by atoms with van der Waals surface area (Å²) < 4.78 is 23.3. The number of aliphatic hydroxyl groups excluding tert-OH is 1. The van der Waals surface area contributed by atoms with Crippen LogP contribution in [0.4, 0.5) is 0 Å². The summed E-state index contributed by atoms with van der Waals surface area (Å²) in [7, 11) is 1.25. The SMILES string of the molecule is CC/C=C\C/C=C\C/C=C\C/C=C\C/C=C\CCCCCCCCCC(=O)NC(COP(=O)([O-])OCC[N+](C)(C)C)C(O)/C=C/CCCCCCCCCCCCCCCCCCCCCC. The highest BCUT2D eigenvalue weighted by Gasteiger charge is 2.23. The number of quaternary nitrogens is 1. The van der Waals surface area contributed by atoms with Crippen molar-refractivity contribution in [1.82, 2.24) is 5.32 Å². The molecule has 0 aromatic carbocycles. The molecule has 0 radical (unpaired) electrons. The number of allylic oxidation sites excluding steroid dienone is 11. The van der Waals surface area contributed by atoms with Crippen LogP contribution >= 0.6 is 7.82 Å². The molecule has 0 spiro atoms. The average molecular weight is 959 g/mol. The monoisotopic (exact) mass is 959 g/mol. The largest absolute Gasteiger partial charge is 0.756 e. The minimum absolute atomic E-state index is 0.00641. The molecule has 0 aromatic heterocycles. The van der Waals surface area contributed by atoms with Crippen molar-refractivity contribution >= 4 is 13.7 Å². The Kier molecular flexibility index (Phi) is 47.4. The lowest BCUT2D eigenvalue weighted by Gasteiger charge is -2.29. The highest BCUT2D eigenvalue weighted by molar-refractivity contribution is 7.45. The molecule has 3 atom stereocenters. The number of hydrogen-bond donors (Lipinski definition) is 2. The van der Waals surface area contributed by atoms with Crippen molar-refractivity contribution in [1.29, 1.82) is 0 Å². The van der Waals surface area contributed by atoms with Gasteiger partial charge in [-0.05, 0) is 64.2 Å². The molecule has 390 valence electrons. The zero-order chi connectivity index (χ0) is 49.2. The minimum atomic E-state index is -4.60. The van der Waals surface area contributed by atoms with Gasteiger partial charge in [-0.25, -0.2) is 0 Å². The van der Waals surface area contributed by atoms with Crippen molar-refractivity contribution in [3.8, 4) is 0 Å². The summed E-state index contributed by atoms with van der Waals surface area (Å²) in [5.74, 6) is -0.209. The zero-order valence-corrected chi connectivity index (χ0v) is 45.2. The van der Waals surface area contributed by atoms with Crippen molar-refractivity contribution in [2.75, 3.05) is 40.9 Å². The molecule has 0 heterocycles. The van der Waals surface area contributed by atoms with Crippen LogP contribution in [-0.4, -0.2) is 68.5 Å². The molecular formula is C58H107N2O6P. The molecule has 0 aliphatic rings. The zero-order valence-electron chi connectivity index (χ0n) is 44.3. The predicted molar refractivity (Wildman–Crippen MR) is 288 cm³/mol. The van der Waals surface area contributed by atoms with Gasteiger partial charge >= 0.3 is 0 Å². The second-order valence-electron chi connectivity index (χ2n) is 19.9. The number of unbranched alkanes of at least 4 members (excludes halogenated alkanes) is 27. The lowest BCUT2D eigenvalue weighted by molar-refractivity contribution is -0.870. The molecule has 3 unspecified atom stereocenters. The Morgan fingerprint density at radius 2 is 0.910 bits per heavy atom. The van der Waals surface area contributed by atoms with E-state index in [1.54, 1.807) is 6.08 Å². The number of amides is 1. The molecule has 8 nitrogen and oxygen atoms in total. The minimum Gasteiger partial charge on any atom is -0.756 e. The van der Waals surface area contributed by atoms with E-state index in [2.05, 4.69) is 79.9 Å². The van der Waals surface area contributed by atoms with Crippen molar-refractivity contribution in [2.24, 2.45) is 0 Å². The van der Waals surface area contributed by atoms with Gasteiger partial charge in [0.1, 0.15) is 13.2 Å². The third kappa shape index (κ3) is 51.6. The number of carbonyl (C=O) groups is 1. The molecule has 0 saturated heterocycles. The molecule has 0 aromatic rings. The number of hydrogen-bond acceptors (Lipinski definition) is 6. The molecule has 0 aliphatic heterocycles. The average Bonchev–Trinajstić information content (AvgIpc) is 3.29. The maximum Gasteiger partial charge on any atom is 0.268 e. The number of nitrogens with zero attached hydrogens (tertiary/aromatic N) is 1. The quantitative estimate of drug-likeness (QED) is 0.0272. The summed E-state index contributed by atoms with van der Waals surface area (Å²) >= 11 is 0. The van der Waals surface area contributed by atoms with Gasteiger partial charge in [0.25, 0.3) is 7.82 Å². The summed E-state index contributed by atoms with van der Waals surface area (Å²) in [6, 6.07) is -0.897. The Hall–Kier alpha value is -2.06. The third-order valence-electron chi connectivity index (χ3n) is 12.2. The summed E-state index contributed by atoms with van der Waals surface area (Å²) in [6.45, 7) is 4.54. The van der Waals surface area contributed by atoms with Crippen LogP contribution in [0, 0.1) is 0 Å². The number of aliphatic hydroxyl groups is 1. The van der Waals surface area contributed by atoms with E-state index in [9.17, 15) is 19.4 Å². The molecule has 2 N–H and O–H groups in total. The molecule has 0 aliphatic carbocycles. The van der Waals surface area contributed by atoms with Crippen molar-refractivity contribution in [3.05, 3.63) is 72.9 Å². The Morgan fingerprint density at radius 3 is 1.33 bits per heavy atom. The first-order valence-corrected chi connectivity index (χ1v) is 29.3. The lowest BCUT2D eigenvalue weighted by Crippen LogP contribution is -2.45. The fourth-order valence-electron chi connectivity index (χ4n) is 7.83. The first kappa shape index (κ1) is 64.9. The summed E-state index contributed by atoms with van der Waals surface area (Å²) in [5, 5.41) is 13.9. The van der Waals surface area contributed by atoms with Crippen LogP contribution in [-0.2, 0) is 18.4 Å². The van der Waals surface area contributed by atoms with E-state index in [1.165, 1.54) is 135 Å². The van der Waals surface area contributed by atoms with E-state index in [0.29, 0.717) is 17.4 Å². The molecular weight excluding hydrogens is 852 g/mol. The number of phosphoric ester groups is 1. The maximum absolute atomic E-state index is 13.0. The summed E-state index contributed by atoms with van der Waals surface area (Å²) in [4.78, 5) is 25.5. The van der Waals surface area contributed by atoms with E-state index in [-0.39, 0.29) is 19.1 Å². The first-order chi connectivity index (χ1) is 32.5. The normalized spacial score (nSPS) is 14.6. The molecule has 1 amide bonds. The Bertz CT molecular complexity index is 1320. The molecule has 0 bridgehead atoms. The first-order valence-electron chi connectivity index (χ1n) is 27.8. The van der Waals surface area contributed by atoms with Crippen LogP contribution in [0.5, 0.6) is 0 Å². The molecule has 67 heavy (non-hydrogen) atoms. The van der Waals surface area contributed by atoms with Gasteiger partial charge in [0, 0.05) is 6.42 Å². The second-order valence-corrected chi connectivity index (χ2v) is 21.3. The number of likely N-dealkylation sites (N-methyl/N-ethyl adjacent to an activating group) is 1.